The highest BCUT2D eigenvalue weighted by molar-refractivity contribution is 5.51. The van der Waals surface area contributed by atoms with Gasteiger partial charge in [0.1, 0.15) is 18.4 Å². The topological polar surface area (TPSA) is 73.2 Å². The highest BCUT2D eigenvalue weighted by Crippen LogP contribution is 2.26. The average Bonchev–Trinajstić information content (AvgIpc) is 2.83. The molecule has 0 amide bonds. The molecule has 0 atom stereocenters. The lowest BCUT2D eigenvalue weighted by atomic mass is 10.1. The number of nitrogens with two attached hydrogens (primary N) is 1. The molecule has 1 aromatic heterocycles. The van der Waals surface area contributed by atoms with E-state index in [0.29, 0.717) is 41.9 Å². The van der Waals surface area contributed by atoms with Crippen LogP contribution in [0.1, 0.15) is 25.2 Å². The molecule has 0 aliphatic heterocycles. The molecule has 0 radical (unpaired) electrons. The summed E-state index contributed by atoms with van der Waals surface area (Å²) in [5.74, 6) is 1.86. The van der Waals surface area contributed by atoms with Gasteiger partial charge in [-0.25, -0.2) is 0 Å². The third kappa shape index (κ3) is 3.98. The van der Waals surface area contributed by atoms with E-state index in [0.717, 1.165) is 12.1 Å². The molecule has 0 aliphatic rings. The molecular formula is C18H23N3O2. The number of aromatic nitrogens is 1. The molecule has 0 spiro atoms. The first-order valence-corrected chi connectivity index (χ1v) is 7.70. The molecule has 1 aromatic carbocycles. The maximum atomic E-state index is 9.30. The van der Waals surface area contributed by atoms with Crippen molar-refractivity contribution >= 4 is 5.69 Å². The molecule has 0 saturated heterocycles. The smallest absolute Gasteiger partial charge is 0.161 e. The van der Waals surface area contributed by atoms with Crippen molar-refractivity contribution in [2.24, 2.45) is 5.92 Å². The highest BCUT2D eigenvalue weighted by atomic mass is 16.5. The fourth-order valence-electron chi connectivity index (χ4n) is 2.56. The number of nitrogens with zero attached hydrogens (tertiary/aromatic N) is 2. The summed E-state index contributed by atoms with van der Waals surface area (Å²) < 4.78 is 13.0. The van der Waals surface area contributed by atoms with Crippen molar-refractivity contribution in [1.29, 1.82) is 5.26 Å². The molecular weight excluding hydrogens is 290 g/mol. The SMILES string of the molecule is COc1ccccc1OCCn1c(C#N)cc(N)c1CC(C)C. The molecule has 0 bridgehead atoms. The predicted octanol–water partition coefficient (Wildman–Crippen LogP) is 3.23. The van der Waals surface area contributed by atoms with Gasteiger partial charge in [0.05, 0.1) is 19.3 Å². The second-order valence-electron chi connectivity index (χ2n) is 5.79. The fraction of sp³-hybridized carbons (Fsp3) is 0.389. The van der Waals surface area contributed by atoms with Crippen LogP contribution < -0.4 is 15.2 Å². The molecule has 1 heterocycles. The van der Waals surface area contributed by atoms with Crippen molar-refractivity contribution in [1.82, 2.24) is 4.57 Å². The van der Waals surface area contributed by atoms with E-state index in [9.17, 15) is 5.26 Å². The summed E-state index contributed by atoms with van der Waals surface area (Å²) in [6.07, 6.45) is 0.835. The van der Waals surface area contributed by atoms with Gasteiger partial charge in [-0.1, -0.05) is 26.0 Å². The molecule has 5 heteroatoms. The molecule has 122 valence electrons. The maximum Gasteiger partial charge on any atom is 0.161 e. The lowest BCUT2D eigenvalue weighted by Gasteiger charge is -2.15. The van der Waals surface area contributed by atoms with Crippen molar-refractivity contribution in [2.45, 2.75) is 26.8 Å². The molecule has 0 saturated carbocycles. The van der Waals surface area contributed by atoms with Crippen molar-refractivity contribution in [2.75, 3.05) is 19.5 Å². The van der Waals surface area contributed by atoms with E-state index in [2.05, 4.69) is 19.9 Å². The van der Waals surface area contributed by atoms with E-state index >= 15 is 0 Å². The van der Waals surface area contributed by atoms with Crippen molar-refractivity contribution in [3.05, 3.63) is 41.7 Å². The standard InChI is InChI=1S/C18H23N3O2/c1-13(2)10-16-15(20)11-14(12-19)21(16)8-9-23-18-7-5-4-6-17(18)22-3/h4-7,11,13H,8-10,20H2,1-3H3. The summed E-state index contributed by atoms with van der Waals surface area (Å²) >= 11 is 0. The van der Waals surface area contributed by atoms with Crippen LogP contribution in [0, 0.1) is 17.2 Å². The van der Waals surface area contributed by atoms with E-state index in [-0.39, 0.29) is 0 Å². The summed E-state index contributed by atoms with van der Waals surface area (Å²) in [7, 11) is 1.61. The number of hydrogen-bond donors (Lipinski definition) is 1. The third-order valence-corrected chi connectivity index (χ3v) is 3.60. The largest absolute Gasteiger partial charge is 0.493 e. The first-order valence-electron chi connectivity index (χ1n) is 7.70. The molecule has 2 rings (SSSR count). The minimum atomic E-state index is 0.439. The van der Waals surface area contributed by atoms with Gasteiger partial charge in [0.15, 0.2) is 11.5 Å². The Labute approximate surface area is 137 Å². The normalized spacial score (nSPS) is 10.6. The number of ether oxygens (including phenoxy) is 2. The van der Waals surface area contributed by atoms with Crippen molar-refractivity contribution < 1.29 is 9.47 Å². The first kappa shape index (κ1) is 16.8. The molecule has 5 nitrogen and oxygen atoms in total. The molecule has 2 aromatic rings. The van der Waals surface area contributed by atoms with Gasteiger partial charge >= 0.3 is 0 Å². The Hall–Kier alpha value is -2.61. The number of methoxy groups -OCH3 is 1. The van der Waals surface area contributed by atoms with Gasteiger partial charge in [0, 0.05) is 5.69 Å². The molecule has 23 heavy (non-hydrogen) atoms. The number of nitriles is 1. The molecule has 0 aliphatic carbocycles. The summed E-state index contributed by atoms with van der Waals surface area (Å²) in [5.41, 5.74) is 8.31. The number of rotatable bonds is 7. The van der Waals surface area contributed by atoms with Crippen LogP contribution in [0.5, 0.6) is 11.5 Å². The Bertz CT molecular complexity index is 699. The zero-order valence-electron chi connectivity index (χ0n) is 13.9. The van der Waals surface area contributed by atoms with Crippen LogP contribution in [0.4, 0.5) is 5.69 Å². The van der Waals surface area contributed by atoms with Crippen LogP contribution in [0.2, 0.25) is 0 Å². The number of nitrogen functional groups attached to an aromatic ring is 1. The number of hydrogen-bond acceptors (Lipinski definition) is 4. The second kappa shape index (κ2) is 7.59. The van der Waals surface area contributed by atoms with Crippen LogP contribution in [0.25, 0.3) is 0 Å². The minimum absolute atomic E-state index is 0.439. The van der Waals surface area contributed by atoms with E-state index < -0.39 is 0 Å². The lowest BCUT2D eigenvalue weighted by Crippen LogP contribution is -2.14. The van der Waals surface area contributed by atoms with Gasteiger partial charge in [-0.15, -0.1) is 0 Å². The zero-order valence-corrected chi connectivity index (χ0v) is 13.9. The highest BCUT2D eigenvalue weighted by Gasteiger charge is 2.14. The molecule has 0 unspecified atom stereocenters. The Morgan fingerprint density at radius 2 is 1.96 bits per heavy atom. The summed E-state index contributed by atoms with van der Waals surface area (Å²) in [4.78, 5) is 0. The zero-order chi connectivity index (χ0) is 16.8. The van der Waals surface area contributed by atoms with Gasteiger partial charge in [-0.05, 0) is 30.5 Å². The Morgan fingerprint density at radius 1 is 1.26 bits per heavy atom. The van der Waals surface area contributed by atoms with Crippen LogP contribution in [0.3, 0.4) is 0 Å². The predicted molar refractivity (Wildman–Crippen MR) is 90.6 cm³/mol. The van der Waals surface area contributed by atoms with Gasteiger partial charge < -0.3 is 19.8 Å². The van der Waals surface area contributed by atoms with Gasteiger partial charge in [-0.2, -0.15) is 5.26 Å². The molecule has 2 N–H and O–H groups in total. The number of anilines is 1. The summed E-state index contributed by atoms with van der Waals surface area (Å²) in [6, 6.07) is 11.5. The first-order chi connectivity index (χ1) is 11.1. The van der Waals surface area contributed by atoms with Crippen molar-refractivity contribution in [3.63, 3.8) is 0 Å². The second-order valence-corrected chi connectivity index (χ2v) is 5.79. The minimum Gasteiger partial charge on any atom is -0.493 e. The average molecular weight is 313 g/mol. The van der Waals surface area contributed by atoms with E-state index in [1.807, 2.05) is 28.8 Å². The lowest BCUT2D eigenvalue weighted by molar-refractivity contribution is 0.278. The Morgan fingerprint density at radius 3 is 2.57 bits per heavy atom. The van der Waals surface area contributed by atoms with Gasteiger partial charge in [-0.3, -0.25) is 0 Å². The van der Waals surface area contributed by atoms with E-state index in [1.54, 1.807) is 13.2 Å². The fourth-order valence-corrected chi connectivity index (χ4v) is 2.56. The van der Waals surface area contributed by atoms with Crippen LogP contribution >= 0.6 is 0 Å². The number of benzene rings is 1. The van der Waals surface area contributed by atoms with Crippen LogP contribution in [-0.4, -0.2) is 18.3 Å². The third-order valence-electron chi connectivity index (χ3n) is 3.60. The monoisotopic (exact) mass is 313 g/mol. The molecule has 0 fully saturated rings. The van der Waals surface area contributed by atoms with Crippen LogP contribution in [0.15, 0.2) is 30.3 Å². The van der Waals surface area contributed by atoms with Crippen molar-refractivity contribution in [3.8, 4) is 17.6 Å². The summed E-state index contributed by atoms with van der Waals surface area (Å²) in [5, 5.41) is 9.30. The summed E-state index contributed by atoms with van der Waals surface area (Å²) in [6.45, 7) is 5.27. The van der Waals surface area contributed by atoms with E-state index in [1.165, 1.54) is 0 Å². The van der Waals surface area contributed by atoms with Crippen LogP contribution in [-0.2, 0) is 13.0 Å². The van der Waals surface area contributed by atoms with Gasteiger partial charge in [0.25, 0.3) is 0 Å². The Kier molecular flexibility index (Phi) is 5.53. The number of para-hydroxylation sites is 2. The Balaban J connectivity index is 2.12. The van der Waals surface area contributed by atoms with Gasteiger partial charge in [0.2, 0.25) is 0 Å². The maximum absolute atomic E-state index is 9.30. The van der Waals surface area contributed by atoms with E-state index in [4.69, 9.17) is 15.2 Å². The quantitative estimate of drug-likeness (QED) is 0.851.